The maximum Gasteiger partial charge on any atom is 0.325 e. The van der Waals surface area contributed by atoms with Gasteiger partial charge >= 0.3 is 6.03 Å². The van der Waals surface area contributed by atoms with Crippen molar-refractivity contribution in [2.45, 2.75) is 18.5 Å². The zero-order chi connectivity index (χ0) is 15.9. The first kappa shape index (κ1) is 14.3. The molecule has 0 radical (unpaired) electrons. The Morgan fingerprint density at radius 3 is 2.87 bits per heavy atom. The molecule has 2 saturated heterocycles. The van der Waals surface area contributed by atoms with Gasteiger partial charge in [-0.3, -0.25) is 9.69 Å². The van der Waals surface area contributed by atoms with E-state index in [1.165, 1.54) is 0 Å². The number of thioether (sulfide) groups is 1. The maximum atomic E-state index is 12.6. The molecule has 7 nitrogen and oxygen atoms in total. The molecule has 1 spiro atoms. The Morgan fingerprint density at radius 2 is 2.13 bits per heavy atom. The third-order valence-electron chi connectivity index (χ3n) is 4.06. The van der Waals surface area contributed by atoms with Crippen LogP contribution in [0.5, 0.6) is 0 Å². The van der Waals surface area contributed by atoms with E-state index in [0.29, 0.717) is 18.0 Å². The Kier molecular flexibility index (Phi) is 3.33. The van der Waals surface area contributed by atoms with Gasteiger partial charge in [0.2, 0.25) is 11.7 Å². The highest BCUT2D eigenvalue weighted by Crippen LogP contribution is 2.33. The normalized spacial score (nSPS) is 23.7. The minimum atomic E-state index is -0.746. The van der Waals surface area contributed by atoms with Gasteiger partial charge in [0.15, 0.2) is 0 Å². The van der Waals surface area contributed by atoms with Crippen molar-refractivity contribution in [2.75, 3.05) is 11.5 Å². The van der Waals surface area contributed by atoms with Gasteiger partial charge in [-0.05, 0) is 12.2 Å². The topological polar surface area (TPSA) is 88.3 Å². The minimum absolute atomic E-state index is 0.00306. The molecule has 3 amide bonds. The number of nitrogens with one attached hydrogen (secondary N) is 1. The molecule has 2 aromatic rings. The Morgan fingerprint density at radius 1 is 1.30 bits per heavy atom. The number of carbonyl (C=O) groups excluding carboxylic acids is 2. The number of carbonyl (C=O) groups is 2. The van der Waals surface area contributed by atoms with Gasteiger partial charge in [0.05, 0.1) is 0 Å². The number of benzene rings is 1. The smallest absolute Gasteiger partial charge is 0.325 e. The predicted octanol–water partition coefficient (Wildman–Crippen LogP) is 1.66. The third kappa shape index (κ3) is 2.39. The largest absolute Gasteiger partial charge is 0.337 e. The summed E-state index contributed by atoms with van der Waals surface area (Å²) in [5, 5.41) is 6.72. The summed E-state index contributed by atoms with van der Waals surface area (Å²) in [5.74, 6) is 1.98. The van der Waals surface area contributed by atoms with Gasteiger partial charge in [-0.2, -0.15) is 16.7 Å². The number of urea groups is 1. The van der Waals surface area contributed by atoms with E-state index in [1.807, 2.05) is 30.3 Å². The highest BCUT2D eigenvalue weighted by Gasteiger charge is 2.53. The van der Waals surface area contributed by atoms with Crippen LogP contribution in [-0.2, 0) is 11.3 Å². The summed E-state index contributed by atoms with van der Waals surface area (Å²) in [5.41, 5.74) is 0.0766. The standard InChI is InChI=1S/C15H14N4O3S/c20-13-15(6-7-23-9-15)17-14(21)19(13)8-11-16-12(18-22-11)10-4-2-1-3-5-10/h1-5H,6-9H2,(H,17,21). The van der Waals surface area contributed by atoms with Crippen molar-refractivity contribution < 1.29 is 14.1 Å². The van der Waals surface area contributed by atoms with Crippen LogP contribution in [0.2, 0.25) is 0 Å². The van der Waals surface area contributed by atoms with Crippen LogP contribution in [0.1, 0.15) is 12.3 Å². The van der Waals surface area contributed by atoms with Gasteiger partial charge in [-0.25, -0.2) is 4.79 Å². The summed E-state index contributed by atoms with van der Waals surface area (Å²) in [6.45, 7) is -0.00306. The van der Waals surface area contributed by atoms with Crippen LogP contribution in [-0.4, -0.2) is 44.0 Å². The van der Waals surface area contributed by atoms with E-state index in [2.05, 4.69) is 15.5 Å². The highest BCUT2D eigenvalue weighted by molar-refractivity contribution is 7.99. The summed E-state index contributed by atoms with van der Waals surface area (Å²) >= 11 is 1.67. The number of nitrogens with zero attached hydrogens (tertiary/aromatic N) is 3. The number of rotatable bonds is 3. The van der Waals surface area contributed by atoms with E-state index in [4.69, 9.17) is 4.52 Å². The molecule has 118 valence electrons. The van der Waals surface area contributed by atoms with Crippen molar-refractivity contribution in [2.24, 2.45) is 0 Å². The summed E-state index contributed by atoms with van der Waals surface area (Å²) in [4.78, 5) is 30.1. The van der Waals surface area contributed by atoms with Crippen LogP contribution in [0, 0.1) is 0 Å². The molecule has 4 rings (SSSR count). The fourth-order valence-corrected chi connectivity index (χ4v) is 4.14. The number of amides is 3. The first-order valence-electron chi connectivity index (χ1n) is 7.28. The molecule has 1 aromatic carbocycles. The lowest BCUT2D eigenvalue weighted by Crippen LogP contribution is -2.46. The lowest BCUT2D eigenvalue weighted by atomic mass is 9.99. The molecule has 1 unspecified atom stereocenters. The van der Waals surface area contributed by atoms with Gasteiger partial charge in [0.1, 0.15) is 12.1 Å². The molecule has 1 N–H and O–H groups in total. The van der Waals surface area contributed by atoms with Crippen molar-refractivity contribution in [3.05, 3.63) is 36.2 Å². The van der Waals surface area contributed by atoms with Gasteiger partial charge in [-0.15, -0.1) is 0 Å². The van der Waals surface area contributed by atoms with Crippen LogP contribution >= 0.6 is 11.8 Å². The van der Waals surface area contributed by atoms with Crippen molar-refractivity contribution >= 4 is 23.7 Å². The first-order chi connectivity index (χ1) is 11.2. The third-order valence-corrected chi connectivity index (χ3v) is 5.25. The monoisotopic (exact) mass is 330 g/mol. The first-order valence-corrected chi connectivity index (χ1v) is 8.43. The fraction of sp³-hybridized carbons (Fsp3) is 0.333. The molecule has 0 saturated carbocycles. The molecule has 2 aliphatic rings. The molecule has 0 aliphatic carbocycles. The van der Waals surface area contributed by atoms with Crippen molar-refractivity contribution in [1.82, 2.24) is 20.4 Å². The van der Waals surface area contributed by atoms with E-state index < -0.39 is 11.6 Å². The number of hydrogen-bond donors (Lipinski definition) is 1. The quantitative estimate of drug-likeness (QED) is 0.861. The average Bonchev–Trinajstić information content (AvgIpc) is 3.27. The Bertz CT molecular complexity index is 755. The van der Waals surface area contributed by atoms with E-state index in [9.17, 15) is 9.59 Å². The predicted molar refractivity (Wildman–Crippen MR) is 83.5 cm³/mol. The van der Waals surface area contributed by atoms with E-state index in [1.54, 1.807) is 11.8 Å². The second-order valence-corrected chi connectivity index (χ2v) is 6.69. The molecule has 1 atom stereocenters. The average molecular weight is 330 g/mol. The minimum Gasteiger partial charge on any atom is -0.337 e. The number of aromatic nitrogens is 2. The molecular formula is C15H14N4O3S. The van der Waals surface area contributed by atoms with Crippen LogP contribution < -0.4 is 5.32 Å². The maximum absolute atomic E-state index is 12.6. The van der Waals surface area contributed by atoms with E-state index >= 15 is 0 Å². The van der Waals surface area contributed by atoms with Crippen molar-refractivity contribution in [1.29, 1.82) is 0 Å². The highest BCUT2D eigenvalue weighted by atomic mass is 32.2. The summed E-state index contributed by atoms with van der Waals surface area (Å²) in [7, 11) is 0. The van der Waals surface area contributed by atoms with Crippen LogP contribution in [0.4, 0.5) is 4.79 Å². The zero-order valence-corrected chi connectivity index (χ0v) is 13.0. The molecular weight excluding hydrogens is 316 g/mol. The second kappa shape index (κ2) is 5.38. The van der Waals surface area contributed by atoms with Crippen LogP contribution in [0.3, 0.4) is 0 Å². The summed E-state index contributed by atoms with van der Waals surface area (Å²) in [6, 6.07) is 9.00. The Balaban J connectivity index is 1.54. The lowest BCUT2D eigenvalue weighted by Gasteiger charge is -2.18. The van der Waals surface area contributed by atoms with Gasteiger partial charge < -0.3 is 9.84 Å². The van der Waals surface area contributed by atoms with Gasteiger partial charge in [0, 0.05) is 11.3 Å². The number of hydrogen-bond acceptors (Lipinski definition) is 6. The molecule has 2 fully saturated rings. The molecule has 2 aliphatic heterocycles. The molecule has 8 heteroatoms. The van der Waals surface area contributed by atoms with Crippen LogP contribution in [0.25, 0.3) is 11.4 Å². The molecule has 3 heterocycles. The summed E-state index contributed by atoms with van der Waals surface area (Å²) < 4.78 is 5.19. The zero-order valence-electron chi connectivity index (χ0n) is 12.2. The molecule has 1 aromatic heterocycles. The summed E-state index contributed by atoms with van der Waals surface area (Å²) in [6.07, 6.45) is 0.665. The van der Waals surface area contributed by atoms with Gasteiger partial charge in [-0.1, -0.05) is 35.5 Å². The van der Waals surface area contributed by atoms with E-state index in [0.717, 1.165) is 16.2 Å². The fourth-order valence-electron chi connectivity index (χ4n) is 2.81. The Hall–Kier alpha value is -2.35. The van der Waals surface area contributed by atoms with Crippen molar-refractivity contribution in [3.8, 4) is 11.4 Å². The lowest BCUT2D eigenvalue weighted by molar-refractivity contribution is -0.131. The van der Waals surface area contributed by atoms with Crippen LogP contribution in [0.15, 0.2) is 34.9 Å². The van der Waals surface area contributed by atoms with Gasteiger partial charge in [0.25, 0.3) is 5.91 Å². The second-order valence-electron chi connectivity index (χ2n) is 5.58. The van der Waals surface area contributed by atoms with E-state index in [-0.39, 0.29) is 18.3 Å². The van der Waals surface area contributed by atoms with Crippen molar-refractivity contribution in [3.63, 3.8) is 0 Å². The Labute approximate surface area is 136 Å². The molecule has 23 heavy (non-hydrogen) atoms. The molecule has 0 bridgehead atoms. The number of imide groups is 1. The SMILES string of the molecule is O=C1NC2(CCSC2)C(=O)N1Cc1nc(-c2ccccc2)no1.